The summed E-state index contributed by atoms with van der Waals surface area (Å²) in [6.45, 7) is 4.86. The fourth-order valence-electron chi connectivity index (χ4n) is 7.77. The number of nitrogens with one attached hydrogen (secondary N) is 1. The molecule has 0 saturated carbocycles. The highest BCUT2D eigenvalue weighted by Crippen LogP contribution is 2.17. The van der Waals surface area contributed by atoms with E-state index in [1.54, 1.807) is 0 Å². The van der Waals surface area contributed by atoms with Crippen molar-refractivity contribution in [3.63, 3.8) is 0 Å². The maximum Gasteiger partial charge on any atom is 0.305 e. The molecule has 0 radical (unpaired) electrons. The van der Waals surface area contributed by atoms with Crippen LogP contribution in [0.15, 0.2) is 0 Å². The summed E-state index contributed by atoms with van der Waals surface area (Å²) >= 11 is 0. The highest BCUT2D eigenvalue weighted by molar-refractivity contribution is 5.69. The number of carbonyl (C=O) groups excluding carboxylic acids is 1. The van der Waals surface area contributed by atoms with Crippen molar-refractivity contribution < 1.29 is 19.4 Å². The van der Waals surface area contributed by atoms with E-state index in [0.29, 0.717) is 19.4 Å². The van der Waals surface area contributed by atoms with Gasteiger partial charge in [0, 0.05) is 12.8 Å². The molecule has 0 unspecified atom stereocenters. The number of ether oxygens (including phenoxy) is 1. The van der Waals surface area contributed by atoms with Gasteiger partial charge in [0.25, 0.3) is 0 Å². The fraction of sp³-hybridized carbons (Fsp3) is 0.958. The van der Waals surface area contributed by atoms with Gasteiger partial charge in [-0.2, -0.15) is 0 Å². The van der Waals surface area contributed by atoms with E-state index in [9.17, 15) is 9.59 Å². The zero-order valence-corrected chi connectivity index (χ0v) is 36.7. The Morgan fingerprint density at radius 3 is 0.852 bits per heavy atom. The van der Waals surface area contributed by atoms with Gasteiger partial charge < -0.3 is 21.3 Å². The Labute approximate surface area is 338 Å². The van der Waals surface area contributed by atoms with Crippen LogP contribution in [-0.4, -0.2) is 36.7 Å². The number of esters is 1. The van der Waals surface area contributed by atoms with Crippen molar-refractivity contribution in [3.8, 4) is 0 Å². The van der Waals surface area contributed by atoms with Gasteiger partial charge in [0.1, 0.15) is 0 Å². The monoisotopic (exact) mass is 767 g/mol. The van der Waals surface area contributed by atoms with Crippen LogP contribution >= 0.6 is 0 Å². The molecule has 324 valence electrons. The molecule has 1 rings (SSSR count). The van der Waals surface area contributed by atoms with Crippen molar-refractivity contribution in [1.29, 1.82) is 0 Å². The number of carboxylic acids is 1. The van der Waals surface area contributed by atoms with Crippen molar-refractivity contribution in [2.75, 3.05) is 19.7 Å². The highest BCUT2D eigenvalue weighted by atomic mass is 16.5. The van der Waals surface area contributed by atoms with Crippen LogP contribution in [-0.2, 0) is 14.3 Å². The van der Waals surface area contributed by atoms with Gasteiger partial charge in [0.2, 0.25) is 0 Å². The van der Waals surface area contributed by atoms with Crippen LogP contribution in [0.2, 0.25) is 0 Å². The molecule has 6 heteroatoms. The average Bonchev–Trinajstić information content (AvgIpc) is 3.14. The number of carbonyl (C=O) groups is 2. The summed E-state index contributed by atoms with van der Waals surface area (Å²) < 4.78 is 4.93. The van der Waals surface area contributed by atoms with Crippen LogP contribution in [0.3, 0.4) is 0 Å². The Bertz CT molecular complexity index is 609. The minimum Gasteiger partial charge on any atom is -0.481 e. The minimum absolute atomic E-state index is 0. The molecule has 0 aromatic heterocycles. The number of aliphatic carboxylic acids is 1. The first-order valence-electron chi connectivity index (χ1n) is 24.2. The van der Waals surface area contributed by atoms with Gasteiger partial charge in [-0.3, -0.25) is 9.59 Å². The topological polar surface area (TPSA) is 111 Å². The fourth-order valence-corrected chi connectivity index (χ4v) is 7.77. The molecule has 0 amide bonds. The number of unbranched alkanes of at least 4 members (excludes halogenated alkanes) is 18. The summed E-state index contributed by atoms with van der Waals surface area (Å²) in [4.78, 5) is 21.6. The third-order valence-corrected chi connectivity index (χ3v) is 11.3. The molecule has 1 aliphatic rings. The Kier molecular flexibility index (Phi) is 50.8. The zero-order chi connectivity index (χ0) is 38.4. The first-order valence-corrected chi connectivity index (χ1v) is 24.2. The molecule has 1 heterocycles. The Morgan fingerprint density at radius 2 is 0.611 bits per heavy atom. The molecule has 6 nitrogen and oxygen atoms in total. The number of rotatable bonds is 23. The van der Waals surface area contributed by atoms with E-state index in [0.717, 1.165) is 25.7 Å². The maximum atomic E-state index is 11.2. The van der Waals surface area contributed by atoms with E-state index in [2.05, 4.69) is 5.32 Å². The number of carboxylic acid groups (broad SMARTS) is 1. The molecular formula is C48H98N2O4. The van der Waals surface area contributed by atoms with Crippen LogP contribution in [0, 0.1) is 0 Å². The second-order valence-electron chi connectivity index (χ2n) is 16.6. The summed E-state index contributed by atoms with van der Waals surface area (Å²) in [5, 5.41) is 12.2. The van der Waals surface area contributed by atoms with Gasteiger partial charge in [0.15, 0.2) is 0 Å². The van der Waals surface area contributed by atoms with Crippen LogP contribution < -0.4 is 11.5 Å². The molecule has 0 aliphatic carbocycles. The smallest absolute Gasteiger partial charge is 0.305 e. The lowest BCUT2D eigenvalue weighted by molar-refractivity contribution is -0.143. The third kappa shape index (κ3) is 50.9. The van der Waals surface area contributed by atoms with E-state index >= 15 is 0 Å². The molecule has 1 fully saturated rings. The van der Waals surface area contributed by atoms with Crippen LogP contribution in [0.25, 0.3) is 0 Å². The third-order valence-electron chi connectivity index (χ3n) is 11.3. The average molecular weight is 767 g/mol. The largest absolute Gasteiger partial charge is 0.481 e. The van der Waals surface area contributed by atoms with Gasteiger partial charge in [-0.1, -0.05) is 231 Å². The zero-order valence-electron chi connectivity index (χ0n) is 36.7. The highest BCUT2D eigenvalue weighted by Gasteiger charge is 2.02. The van der Waals surface area contributed by atoms with Crippen LogP contribution in [0.5, 0.6) is 0 Å². The second kappa shape index (κ2) is 49.9. The standard InChI is InChI=1S/C25H48O4.C23H47N.H3N/c1-2-29-25(28)23-21-19-17-15-13-11-9-7-5-3-4-6-8-10-12-14-16-18-20-22-24(26)27;1-2-4-6-8-10-12-14-16-18-20-22-24-23-21-19-17-15-13-11-9-7-5-3-1;/h2-23H2,1H3,(H,26,27);24H,1-23H2;1H3. The molecule has 0 atom stereocenters. The maximum absolute atomic E-state index is 11.2. The van der Waals surface area contributed by atoms with E-state index in [1.165, 1.54) is 244 Å². The summed E-state index contributed by atoms with van der Waals surface area (Å²) in [6, 6.07) is 0. The van der Waals surface area contributed by atoms with Gasteiger partial charge in [-0.15, -0.1) is 0 Å². The lowest BCUT2D eigenvalue weighted by Crippen LogP contribution is -2.16. The molecule has 0 aromatic carbocycles. The Balaban J connectivity index is 0. The predicted octanol–water partition coefficient (Wildman–Crippen LogP) is 15.8. The summed E-state index contributed by atoms with van der Waals surface area (Å²) in [5.74, 6) is -0.707. The van der Waals surface area contributed by atoms with Crippen molar-refractivity contribution in [2.24, 2.45) is 0 Å². The van der Waals surface area contributed by atoms with Gasteiger partial charge in [-0.25, -0.2) is 0 Å². The van der Waals surface area contributed by atoms with Gasteiger partial charge >= 0.3 is 11.9 Å². The minimum atomic E-state index is -0.663. The first kappa shape index (κ1) is 55.0. The van der Waals surface area contributed by atoms with E-state index in [4.69, 9.17) is 9.84 Å². The molecule has 1 aliphatic heterocycles. The van der Waals surface area contributed by atoms with Gasteiger partial charge in [0.05, 0.1) is 6.61 Å². The van der Waals surface area contributed by atoms with E-state index in [-0.39, 0.29) is 12.1 Å². The second-order valence-corrected chi connectivity index (χ2v) is 16.6. The Hall–Kier alpha value is -1.14. The number of hydrogen-bond acceptors (Lipinski definition) is 5. The molecule has 54 heavy (non-hydrogen) atoms. The number of hydrogen-bond donors (Lipinski definition) is 3. The van der Waals surface area contributed by atoms with E-state index in [1.807, 2.05) is 6.92 Å². The quantitative estimate of drug-likeness (QED) is 0.0705. The Morgan fingerprint density at radius 1 is 0.389 bits per heavy atom. The molecule has 0 spiro atoms. The lowest BCUT2D eigenvalue weighted by atomic mass is 10.0. The van der Waals surface area contributed by atoms with E-state index < -0.39 is 5.97 Å². The molecular weight excluding hydrogens is 669 g/mol. The predicted molar refractivity (Wildman–Crippen MR) is 236 cm³/mol. The van der Waals surface area contributed by atoms with Crippen molar-refractivity contribution in [1.82, 2.24) is 11.5 Å². The summed E-state index contributed by atoms with van der Waals surface area (Å²) in [5.41, 5.74) is 0. The lowest BCUT2D eigenvalue weighted by Gasteiger charge is -2.06. The molecule has 1 saturated heterocycles. The van der Waals surface area contributed by atoms with Crippen molar-refractivity contribution in [3.05, 3.63) is 0 Å². The van der Waals surface area contributed by atoms with Crippen LogP contribution in [0.1, 0.15) is 277 Å². The summed E-state index contributed by atoms with van der Waals surface area (Å²) in [7, 11) is 0. The van der Waals surface area contributed by atoms with Crippen LogP contribution in [0.4, 0.5) is 0 Å². The summed E-state index contributed by atoms with van der Waals surface area (Å²) in [6.07, 6.45) is 55.9. The first-order chi connectivity index (χ1) is 26.2. The SMILES string of the molecule is C1CCCCCCCCCCCNCCCCCCCCCCC1.CCOC(=O)CCCCCCCCCCCCCCCCCCCCCC(=O)O.N. The van der Waals surface area contributed by atoms with Gasteiger partial charge in [-0.05, 0) is 45.7 Å². The van der Waals surface area contributed by atoms with Crippen molar-refractivity contribution in [2.45, 2.75) is 277 Å². The van der Waals surface area contributed by atoms with Crippen molar-refractivity contribution >= 4 is 11.9 Å². The molecule has 5 N–H and O–H groups in total. The molecule has 0 aromatic rings. The normalized spacial score (nSPS) is 16.5. The molecule has 0 bridgehead atoms.